The predicted molar refractivity (Wildman–Crippen MR) is 56.8 cm³/mol. The molecule has 1 rings (SSSR count). The quantitative estimate of drug-likeness (QED) is 0.663. The van der Waals surface area contributed by atoms with E-state index in [1.807, 2.05) is 13.8 Å². The zero-order valence-electron chi connectivity index (χ0n) is 9.27. The van der Waals surface area contributed by atoms with Crippen LogP contribution in [0, 0.1) is 0 Å². The maximum Gasteiger partial charge on any atom is 0.331 e. The Hall–Kier alpha value is -1.85. The molecule has 0 unspecified atom stereocenters. The second-order valence-corrected chi connectivity index (χ2v) is 2.63. The van der Waals surface area contributed by atoms with Gasteiger partial charge in [-0.3, -0.25) is 18.7 Å². The van der Waals surface area contributed by atoms with Gasteiger partial charge in [-0.25, -0.2) is 4.79 Å². The van der Waals surface area contributed by atoms with E-state index in [1.165, 1.54) is 14.1 Å². The lowest BCUT2D eigenvalue weighted by Gasteiger charge is -2.04. The Morgan fingerprint density at radius 1 is 1.20 bits per heavy atom. The van der Waals surface area contributed by atoms with E-state index in [0.29, 0.717) is 0 Å². The van der Waals surface area contributed by atoms with Crippen LogP contribution in [0.1, 0.15) is 24.3 Å². The van der Waals surface area contributed by atoms with E-state index in [-0.39, 0.29) is 5.69 Å². The second-order valence-electron chi connectivity index (χ2n) is 2.63. The monoisotopic (exact) mass is 213 g/mol. The van der Waals surface area contributed by atoms with Crippen LogP contribution in [0.3, 0.4) is 0 Å². The first-order valence-electron chi connectivity index (χ1n) is 4.52. The Labute approximate surface area is 86.9 Å². The minimum atomic E-state index is -0.794. The summed E-state index contributed by atoms with van der Waals surface area (Å²) in [5, 5.41) is 0. The third-order valence-corrected chi connectivity index (χ3v) is 1.78. The molecule has 0 saturated carbocycles. The molecule has 0 atom stereocenters. The maximum absolute atomic E-state index is 11.2. The number of hydrogen-bond donors (Lipinski definition) is 1. The Balaban J connectivity index is 0.000000921. The van der Waals surface area contributed by atoms with Gasteiger partial charge in [-0.1, -0.05) is 13.8 Å². The topological polar surface area (TPSA) is 87.1 Å². The zero-order valence-corrected chi connectivity index (χ0v) is 9.27. The minimum absolute atomic E-state index is 0.0897. The van der Waals surface area contributed by atoms with Crippen molar-refractivity contribution in [1.29, 1.82) is 0 Å². The number of nitrogens with two attached hydrogens (primary N) is 1. The van der Waals surface area contributed by atoms with Crippen LogP contribution in [0.5, 0.6) is 0 Å². The van der Waals surface area contributed by atoms with E-state index in [1.54, 1.807) is 0 Å². The number of hydrogen-bond acceptors (Lipinski definition) is 3. The summed E-state index contributed by atoms with van der Waals surface area (Å²) in [5.41, 5.74) is 3.75. The first-order valence-corrected chi connectivity index (χ1v) is 4.52. The third-order valence-electron chi connectivity index (χ3n) is 1.78. The summed E-state index contributed by atoms with van der Waals surface area (Å²) in [6.07, 6.45) is 0. The molecule has 1 amide bonds. The predicted octanol–water partition coefficient (Wildman–Crippen LogP) is -0.791. The lowest BCUT2D eigenvalue weighted by molar-refractivity contribution is 0.0990. The average molecular weight is 213 g/mol. The van der Waals surface area contributed by atoms with Crippen LogP contribution >= 0.6 is 0 Å². The maximum atomic E-state index is 11.2. The number of rotatable bonds is 1. The summed E-state index contributed by atoms with van der Waals surface area (Å²) in [6.45, 7) is 4.00. The molecule has 0 fully saturated rings. The highest BCUT2D eigenvalue weighted by molar-refractivity contribution is 5.90. The van der Waals surface area contributed by atoms with Crippen molar-refractivity contribution >= 4 is 5.91 Å². The molecule has 15 heavy (non-hydrogen) atoms. The second kappa shape index (κ2) is 5.14. The smallest absolute Gasteiger partial charge is 0.331 e. The number of carbonyl (C=O) groups is 1. The summed E-state index contributed by atoms with van der Waals surface area (Å²) in [4.78, 5) is 33.0. The molecule has 0 aliphatic heterocycles. The van der Waals surface area contributed by atoms with Gasteiger partial charge in [0.15, 0.2) is 0 Å². The fourth-order valence-corrected chi connectivity index (χ4v) is 0.969. The van der Waals surface area contributed by atoms with Gasteiger partial charge in [0.25, 0.3) is 11.5 Å². The number of nitrogens with zero attached hydrogens (tertiary/aromatic N) is 2. The molecule has 0 aromatic carbocycles. The van der Waals surface area contributed by atoms with Crippen LogP contribution in [-0.2, 0) is 14.1 Å². The zero-order chi connectivity index (χ0) is 12.2. The fraction of sp³-hybridized carbons (Fsp3) is 0.444. The van der Waals surface area contributed by atoms with Crippen LogP contribution in [0.25, 0.3) is 0 Å². The van der Waals surface area contributed by atoms with E-state index in [9.17, 15) is 14.4 Å². The lowest BCUT2D eigenvalue weighted by Crippen LogP contribution is -2.40. The van der Waals surface area contributed by atoms with Crippen molar-refractivity contribution in [3.05, 3.63) is 32.6 Å². The fourth-order valence-electron chi connectivity index (χ4n) is 0.969. The van der Waals surface area contributed by atoms with Crippen LogP contribution in [0.15, 0.2) is 15.7 Å². The molecule has 0 aliphatic carbocycles. The summed E-state index contributed by atoms with van der Waals surface area (Å²) in [5.74, 6) is -0.794. The molecule has 6 heteroatoms. The van der Waals surface area contributed by atoms with Gasteiger partial charge in [0.2, 0.25) is 0 Å². The highest BCUT2D eigenvalue weighted by atomic mass is 16.2. The van der Waals surface area contributed by atoms with Crippen molar-refractivity contribution in [2.24, 2.45) is 19.8 Å². The average Bonchev–Trinajstić information content (AvgIpc) is 2.23. The molecule has 0 saturated heterocycles. The first-order chi connectivity index (χ1) is 6.95. The third kappa shape index (κ3) is 2.55. The van der Waals surface area contributed by atoms with Gasteiger partial charge in [-0.15, -0.1) is 0 Å². The standard InChI is InChI=1S/C7H9N3O3.C2H6/c1-9-4(6(8)12)3-5(11)10(2)7(9)13;1-2/h3H,1-2H3,(H2,8,12);1-2H3. The SMILES string of the molecule is CC.Cn1c(C(N)=O)cc(=O)n(C)c1=O. The normalized spacial score (nSPS) is 9.07. The van der Waals surface area contributed by atoms with Gasteiger partial charge < -0.3 is 5.73 Å². The number of primary amides is 1. The Morgan fingerprint density at radius 3 is 2.07 bits per heavy atom. The van der Waals surface area contributed by atoms with Gasteiger partial charge >= 0.3 is 5.69 Å². The number of amides is 1. The Kier molecular flexibility index (Phi) is 4.50. The molecule has 6 nitrogen and oxygen atoms in total. The molecule has 1 aromatic heterocycles. The first kappa shape index (κ1) is 13.2. The molecule has 0 aliphatic rings. The summed E-state index contributed by atoms with van der Waals surface area (Å²) < 4.78 is 1.93. The van der Waals surface area contributed by atoms with Gasteiger partial charge in [0, 0.05) is 20.2 Å². The molecule has 1 heterocycles. The van der Waals surface area contributed by atoms with Crippen LogP contribution < -0.4 is 17.0 Å². The van der Waals surface area contributed by atoms with E-state index in [2.05, 4.69) is 0 Å². The van der Waals surface area contributed by atoms with E-state index < -0.39 is 17.2 Å². The minimum Gasteiger partial charge on any atom is -0.364 e. The molecular weight excluding hydrogens is 198 g/mol. The molecule has 1 aromatic rings. The highest BCUT2D eigenvalue weighted by Gasteiger charge is 2.09. The van der Waals surface area contributed by atoms with E-state index in [0.717, 1.165) is 15.2 Å². The van der Waals surface area contributed by atoms with Crippen molar-refractivity contribution in [2.75, 3.05) is 0 Å². The molecule has 0 bridgehead atoms. The van der Waals surface area contributed by atoms with E-state index in [4.69, 9.17) is 5.73 Å². The molecule has 0 spiro atoms. The molecule has 84 valence electrons. The van der Waals surface area contributed by atoms with Crippen molar-refractivity contribution in [3.8, 4) is 0 Å². The Morgan fingerprint density at radius 2 is 1.67 bits per heavy atom. The Bertz CT molecular complexity index is 470. The van der Waals surface area contributed by atoms with E-state index >= 15 is 0 Å². The molecule has 0 radical (unpaired) electrons. The number of aromatic nitrogens is 2. The van der Waals surface area contributed by atoms with Crippen LogP contribution in [-0.4, -0.2) is 15.0 Å². The van der Waals surface area contributed by atoms with Crippen molar-refractivity contribution in [2.45, 2.75) is 13.8 Å². The number of carbonyl (C=O) groups excluding carboxylic acids is 1. The van der Waals surface area contributed by atoms with Crippen molar-refractivity contribution < 1.29 is 4.79 Å². The van der Waals surface area contributed by atoms with Gasteiger partial charge in [0.05, 0.1) is 0 Å². The molecule has 2 N–H and O–H groups in total. The lowest BCUT2D eigenvalue weighted by atomic mass is 10.4. The summed E-state index contributed by atoms with van der Waals surface area (Å²) in [7, 11) is 2.71. The van der Waals surface area contributed by atoms with Gasteiger partial charge in [-0.05, 0) is 0 Å². The summed E-state index contributed by atoms with van der Waals surface area (Å²) >= 11 is 0. The van der Waals surface area contributed by atoms with Crippen molar-refractivity contribution in [1.82, 2.24) is 9.13 Å². The van der Waals surface area contributed by atoms with Crippen molar-refractivity contribution in [3.63, 3.8) is 0 Å². The molecular formula is C9H15N3O3. The van der Waals surface area contributed by atoms with Gasteiger partial charge in [-0.2, -0.15) is 0 Å². The largest absolute Gasteiger partial charge is 0.364 e. The van der Waals surface area contributed by atoms with Crippen LogP contribution in [0.2, 0.25) is 0 Å². The summed E-state index contributed by atoms with van der Waals surface area (Å²) in [6, 6.07) is 1.03. The van der Waals surface area contributed by atoms with Crippen LogP contribution in [0.4, 0.5) is 0 Å². The van der Waals surface area contributed by atoms with Gasteiger partial charge in [0.1, 0.15) is 5.69 Å². The highest BCUT2D eigenvalue weighted by Crippen LogP contribution is 1.86.